The molecule has 33 heavy (non-hydrogen) atoms. The lowest BCUT2D eigenvalue weighted by atomic mass is 9.80. The maximum Gasteiger partial charge on any atom is 0.602 e. The largest absolute Gasteiger partial charge is 0.602 e. The molecular weight excluding hydrogens is 444 g/mol. The van der Waals surface area contributed by atoms with Crippen LogP contribution < -0.4 is 9.61 Å². The molecular formula is C28H44O3SSi. The molecule has 0 N–H and O–H groups in total. The van der Waals surface area contributed by atoms with E-state index in [9.17, 15) is 0 Å². The molecule has 0 aliphatic heterocycles. The first-order valence-corrected chi connectivity index (χ1v) is 14.5. The van der Waals surface area contributed by atoms with Crippen molar-refractivity contribution in [3.8, 4) is 5.75 Å². The molecule has 0 heterocycles. The van der Waals surface area contributed by atoms with Gasteiger partial charge in [0.25, 0.3) is 0 Å². The van der Waals surface area contributed by atoms with E-state index in [0.29, 0.717) is 13.2 Å². The fourth-order valence-corrected chi connectivity index (χ4v) is 6.47. The van der Waals surface area contributed by atoms with Crippen LogP contribution in [0.15, 0.2) is 47.4 Å². The van der Waals surface area contributed by atoms with E-state index >= 15 is 0 Å². The highest BCUT2D eigenvalue weighted by Gasteiger charge is 2.47. The van der Waals surface area contributed by atoms with Gasteiger partial charge in [-0.3, -0.25) is 0 Å². The van der Waals surface area contributed by atoms with Gasteiger partial charge in [0.15, 0.2) is 0 Å². The van der Waals surface area contributed by atoms with E-state index in [1.165, 1.54) is 11.1 Å². The van der Waals surface area contributed by atoms with Crippen LogP contribution in [0, 0.1) is 0 Å². The van der Waals surface area contributed by atoms with E-state index in [-0.39, 0.29) is 10.8 Å². The molecule has 0 fully saturated rings. The van der Waals surface area contributed by atoms with Crippen LogP contribution in [0.1, 0.15) is 92.2 Å². The summed E-state index contributed by atoms with van der Waals surface area (Å²) >= 11 is 4.60. The van der Waals surface area contributed by atoms with Crippen molar-refractivity contribution in [3.05, 3.63) is 53.6 Å². The zero-order chi connectivity index (χ0) is 24.7. The lowest BCUT2D eigenvalue weighted by molar-refractivity contribution is 0.116. The highest BCUT2D eigenvalue weighted by atomic mass is 32.1. The highest BCUT2D eigenvalue weighted by Crippen LogP contribution is 2.37. The third-order valence-electron chi connectivity index (χ3n) is 5.68. The Labute approximate surface area is 209 Å². The van der Waals surface area contributed by atoms with Gasteiger partial charge in [-0.25, -0.2) is 0 Å². The summed E-state index contributed by atoms with van der Waals surface area (Å²) in [7, 11) is -3.24. The van der Waals surface area contributed by atoms with Crippen LogP contribution in [0.2, 0.25) is 0 Å². The second kappa shape index (κ2) is 11.9. The molecule has 0 aliphatic carbocycles. The van der Waals surface area contributed by atoms with Crippen molar-refractivity contribution in [2.75, 3.05) is 13.2 Å². The monoisotopic (exact) mass is 488 g/mol. The maximum atomic E-state index is 6.92. The minimum Gasteiger partial charge on any atom is -0.497 e. The molecule has 2 aromatic carbocycles. The molecule has 2 rings (SSSR count). The van der Waals surface area contributed by atoms with Crippen LogP contribution in [-0.2, 0) is 19.7 Å². The van der Waals surface area contributed by atoms with Crippen molar-refractivity contribution >= 4 is 26.6 Å². The molecule has 0 aliphatic rings. The van der Waals surface area contributed by atoms with E-state index in [4.69, 9.17) is 13.3 Å². The molecule has 184 valence electrons. The summed E-state index contributed by atoms with van der Waals surface area (Å²) in [5.74, 6) is 0.847. The van der Waals surface area contributed by atoms with Crippen LogP contribution >= 0.6 is 12.6 Å². The first-order chi connectivity index (χ1) is 15.4. The van der Waals surface area contributed by atoms with Crippen LogP contribution in [0.3, 0.4) is 0 Å². The average Bonchev–Trinajstić information content (AvgIpc) is 2.72. The number of benzene rings is 2. The molecule has 3 nitrogen and oxygen atoms in total. The number of rotatable bonds is 11. The topological polar surface area (TPSA) is 27.7 Å². The van der Waals surface area contributed by atoms with Gasteiger partial charge in [0.2, 0.25) is 0 Å². The fraction of sp³-hybridized carbons (Fsp3) is 0.571. The normalized spacial score (nSPS) is 12.8. The minimum atomic E-state index is -3.24. The Kier molecular flexibility index (Phi) is 10.1. The molecule has 0 bridgehead atoms. The predicted molar refractivity (Wildman–Crippen MR) is 145 cm³/mol. The van der Waals surface area contributed by atoms with Crippen molar-refractivity contribution in [1.29, 1.82) is 0 Å². The van der Waals surface area contributed by atoms with E-state index < -0.39 is 8.80 Å². The third kappa shape index (κ3) is 7.88. The molecule has 2 aromatic rings. The first kappa shape index (κ1) is 28.0. The summed E-state index contributed by atoms with van der Waals surface area (Å²) in [5, 5.41) is 0.960. The van der Waals surface area contributed by atoms with Crippen LogP contribution in [0.5, 0.6) is 5.75 Å². The van der Waals surface area contributed by atoms with Gasteiger partial charge in [0.1, 0.15) is 5.75 Å². The van der Waals surface area contributed by atoms with Gasteiger partial charge < -0.3 is 13.3 Å². The van der Waals surface area contributed by atoms with Gasteiger partial charge in [-0.15, -0.1) is 12.6 Å². The van der Waals surface area contributed by atoms with Crippen LogP contribution in [0.25, 0.3) is 0 Å². The van der Waals surface area contributed by atoms with Crippen LogP contribution in [0.4, 0.5) is 0 Å². The smallest absolute Gasteiger partial charge is 0.497 e. The number of unbranched alkanes of at least 4 members (excludes halogenated alkanes) is 2. The van der Waals surface area contributed by atoms with Crippen molar-refractivity contribution in [1.82, 2.24) is 0 Å². The van der Waals surface area contributed by atoms with E-state index in [1.807, 2.05) is 18.2 Å². The molecule has 0 radical (unpaired) electrons. The third-order valence-corrected chi connectivity index (χ3v) is 8.63. The zero-order valence-corrected chi connectivity index (χ0v) is 23.9. The van der Waals surface area contributed by atoms with Crippen molar-refractivity contribution in [2.24, 2.45) is 0 Å². The van der Waals surface area contributed by atoms with Crippen molar-refractivity contribution in [2.45, 2.75) is 96.8 Å². The molecule has 0 unspecified atom stereocenters. The number of hydrogen-bond acceptors (Lipinski definition) is 4. The fourth-order valence-electron chi connectivity index (χ4n) is 3.54. The second-order valence-electron chi connectivity index (χ2n) is 10.8. The summed E-state index contributed by atoms with van der Waals surface area (Å²) in [6, 6.07) is 14.7. The summed E-state index contributed by atoms with van der Waals surface area (Å²) in [6.07, 6.45) is 4.04. The lowest BCUT2D eigenvalue weighted by Crippen LogP contribution is -2.60. The van der Waals surface area contributed by atoms with Gasteiger partial charge in [-0.05, 0) is 53.0 Å². The Balaban J connectivity index is 2.63. The Morgan fingerprint density at radius 3 is 1.88 bits per heavy atom. The van der Waals surface area contributed by atoms with Crippen molar-refractivity contribution < 1.29 is 13.3 Å². The quantitative estimate of drug-likeness (QED) is 0.202. The molecule has 0 saturated heterocycles. The minimum absolute atomic E-state index is 0.0582. The van der Waals surface area contributed by atoms with Gasteiger partial charge in [-0.2, -0.15) is 0 Å². The molecule has 0 amide bonds. The average molecular weight is 489 g/mol. The SMILES string of the molecule is CCCCO[Si](OCCCC)(Oc1ccc(C(C)(C)C)cc1C(C)(C)C)c1cccc(S)c1. The van der Waals surface area contributed by atoms with Gasteiger partial charge in [0, 0.05) is 23.3 Å². The lowest BCUT2D eigenvalue weighted by Gasteiger charge is -2.34. The molecule has 5 heteroatoms. The Bertz CT molecular complexity index is 873. The van der Waals surface area contributed by atoms with E-state index in [0.717, 1.165) is 41.5 Å². The number of thiol groups is 1. The molecule has 0 saturated carbocycles. The predicted octanol–water partition coefficient (Wildman–Crippen LogP) is 7.43. The molecule has 0 atom stereocenters. The molecule has 0 aromatic heterocycles. The first-order valence-electron chi connectivity index (χ1n) is 12.3. The van der Waals surface area contributed by atoms with Crippen molar-refractivity contribution in [3.63, 3.8) is 0 Å². The van der Waals surface area contributed by atoms with E-state index in [2.05, 4.69) is 92.3 Å². The van der Waals surface area contributed by atoms with Crippen LogP contribution in [-0.4, -0.2) is 22.0 Å². The van der Waals surface area contributed by atoms with Gasteiger partial charge in [-0.1, -0.05) is 92.5 Å². The highest BCUT2D eigenvalue weighted by molar-refractivity contribution is 7.80. The summed E-state index contributed by atoms with van der Waals surface area (Å²) in [4.78, 5) is 0.880. The van der Waals surface area contributed by atoms with Gasteiger partial charge >= 0.3 is 8.80 Å². The maximum absolute atomic E-state index is 6.92. The Hall–Kier alpha value is -1.27. The number of hydrogen-bond donors (Lipinski definition) is 1. The standard InChI is InChI=1S/C28H44O3SSi/c1-9-11-18-29-33(30-19-12-10-2,24-15-13-14-23(32)21-24)31-26-17-16-22(27(3,4)5)20-25(26)28(6,7)8/h13-17,20-21,32H,9-12,18-19H2,1-8H3. The second-order valence-corrected chi connectivity index (χ2v) is 13.8. The van der Waals surface area contributed by atoms with Gasteiger partial charge in [0.05, 0.1) is 0 Å². The summed E-state index contributed by atoms with van der Waals surface area (Å²) in [6.45, 7) is 19.0. The Morgan fingerprint density at radius 1 is 0.788 bits per heavy atom. The summed E-state index contributed by atoms with van der Waals surface area (Å²) in [5.41, 5.74) is 2.44. The summed E-state index contributed by atoms with van der Waals surface area (Å²) < 4.78 is 20.1. The molecule has 0 spiro atoms. The Morgan fingerprint density at radius 2 is 1.39 bits per heavy atom. The van der Waals surface area contributed by atoms with E-state index in [1.54, 1.807) is 0 Å². The zero-order valence-electron chi connectivity index (χ0n) is 22.0.